The number of rotatable bonds is 5. The molecule has 1 fully saturated rings. The van der Waals surface area contributed by atoms with Crippen molar-refractivity contribution in [2.45, 2.75) is 11.3 Å². The normalized spacial score (nSPS) is 24.1. The molecule has 0 aromatic heterocycles. The second kappa shape index (κ2) is 7.39. The van der Waals surface area contributed by atoms with E-state index in [2.05, 4.69) is 19.2 Å². The van der Waals surface area contributed by atoms with Gasteiger partial charge in [0.15, 0.2) is 0 Å². The number of hydrogen-bond acceptors (Lipinski definition) is 1. The number of piperazine rings is 1. The molecule has 0 atom stereocenters. The Labute approximate surface area is 119 Å². The molecule has 0 spiro atoms. The highest BCUT2D eigenvalue weighted by molar-refractivity contribution is 7.99. The van der Waals surface area contributed by atoms with Gasteiger partial charge in [0.25, 0.3) is 0 Å². The molecule has 1 aromatic carbocycles. The number of nitrogens with one attached hydrogen (secondary N) is 2. The zero-order valence-electron chi connectivity index (χ0n) is 11.0. The Kier molecular flexibility index (Phi) is 5.83. The molecule has 100 valence electrons. The largest absolute Gasteiger partial charge is 0.328 e. The van der Waals surface area contributed by atoms with E-state index in [4.69, 9.17) is 11.6 Å². The number of thioether (sulfide) groups is 1. The molecule has 0 unspecified atom stereocenters. The Balaban J connectivity index is 1.60. The van der Waals surface area contributed by atoms with Crippen molar-refractivity contribution in [1.29, 1.82) is 0 Å². The molecule has 1 heterocycles. The van der Waals surface area contributed by atoms with Crippen LogP contribution < -0.4 is 9.80 Å². The Morgan fingerprint density at radius 3 is 2.44 bits per heavy atom. The smallest absolute Gasteiger partial charge is 0.127 e. The molecule has 1 saturated heterocycles. The molecule has 0 aliphatic carbocycles. The van der Waals surface area contributed by atoms with Crippen molar-refractivity contribution in [3.63, 3.8) is 0 Å². The first kappa shape index (κ1) is 14.2. The monoisotopic (exact) mass is 286 g/mol. The second-order valence-electron chi connectivity index (χ2n) is 5.11. The summed E-state index contributed by atoms with van der Waals surface area (Å²) in [6.07, 6.45) is 1.31. The maximum absolute atomic E-state index is 5.87. The summed E-state index contributed by atoms with van der Waals surface area (Å²) in [6, 6.07) is 8.16. The first-order valence-corrected chi connectivity index (χ1v) is 8.13. The summed E-state index contributed by atoms with van der Waals surface area (Å²) < 4.78 is 0. The lowest BCUT2D eigenvalue weighted by Gasteiger charge is -2.27. The van der Waals surface area contributed by atoms with Crippen LogP contribution in [0.2, 0.25) is 5.02 Å². The first-order chi connectivity index (χ1) is 8.74. The molecule has 2 N–H and O–H groups in total. The fraction of sp³-hybridized carbons (Fsp3) is 0.571. The average molecular weight is 287 g/mol. The van der Waals surface area contributed by atoms with Gasteiger partial charge in [-0.3, -0.25) is 0 Å². The summed E-state index contributed by atoms with van der Waals surface area (Å²) in [5.41, 5.74) is 0. The minimum Gasteiger partial charge on any atom is -0.328 e. The first-order valence-electron chi connectivity index (χ1n) is 6.77. The van der Waals surface area contributed by atoms with E-state index in [1.807, 2.05) is 23.9 Å². The Morgan fingerprint density at radius 1 is 1.11 bits per heavy atom. The molecule has 2 rings (SSSR count). The van der Waals surface area contributed by atoms with Crippen LogP contribution in [0.3, 0.4) is 0 Å². The molecular weight excluding hydrogens is 264 g/mol. The van der Waals surface area contributed by atoms with Gasteiger partial charge in [0.2, 0.25) is 0 Å². The summed E-state index contributed by atoms with van der Waals surface area (Å²) in [6.45, 7) is 6.68. The van der Waals surface area contributed by atoms with Gasteiger partial charge < -0.3 is 9.80 Å². The fourth-order valence-corrected chi connectivity index (χ4v) is 3.30. The molecule has 2 nitrogen and oxygen atoms in total. The molecular formula is C14H23ClN2S+2. The van der Waals surface area contributed by atoms with Crippen molar-refractivity contribution in [1.82, 2.24) is 0 Å². The van der Waals surface area contributed by atoms with E-state index in [-0.39, 0.29) is 0 Å². The summed E-state index contributed by atoms with van der Waals surface area (Å²) in [4.78, 5) is 4.81. The average Bonchev–Trinajstić information content (AvgIpc) is 2.39. The van der Waals surface area contributed by atoms with Crippen molar-refractivity contribution in [3.05, 3.63) is 29.3 Å². The number of hydrogen-bond donors (Lipinski definition) is 2. The highest BCUT2D eigenvalue weighted by atomic mass is 35.5. The van der Waals surface area contributed by atoms with Gasteiger partial charge in [-0.1, -0.05) is 11.6 Å². The summed E-state index contributed by atoms with van der Waals surface area (Å²) in [7, 11) is 2.30. The number of halogens is 1. The highest BCUT2D eigenvalue weighted by Gasteiger charge is 2.18. The van der Waals surface area contributed by atoms with Crippen LogP contribution in [0.1, 0.15) is 6.42 Å². The molecule has 0 radical (unpaired) electrons. The number of quaternary nitrogens is 2. The van der Waals surface area contributed by atoms with Crippen molar-refractivity contribution in [2.75, 3.05) is 45.5 Å². The second-order valence-corrected chi connectivity index (χ2v) is 6.72. The van der Waals surface area contributed by atoms with E-state index in [0.29, 0.717) is 0 Å². The maximum Gasteiger partial charge on any atom is 0.127 e. The van der Waals surface area contributed by atoms with Crippen molar-refractivity contribution < 1.29 is 9.80 Å². The zero-order chi connectivity index (χ0) is 12.8. The Morgan fingerprint density at radius 2 is 1.78 bits per heavy atom. The number of benzene rings is 1. The van der Waals surface area contributed by atoms with Gasteiger partial charge in [-0.05, 0) is 24.3 Å². The summed E-state index contributed by atoms with van der Waals surface area (Å²) in [5.74, 6) is 1.22. The van der Waals surface area contributed by atoms with Crippen LogP contribution in [0.5, 0.6) is 0 Å². The maximum atomic E-state index is 5.87. The van der Waals surface area contributed by atoms with Gasteiger partial charge in [-0.15, -0.1) is 11.8 Å². The van der Waals surface area contributed by atoms with Gasteiger partial charge in [0.05, 0.1) is 13.6 Å². The van der Waals surface area contributed by atoms with Crippen LogP contribution in [-0.2, 0) is 0 Å². The van der Waals surface area contributed by atoms with Gasteiger partial charge in [-0.2, -0.15) is 0 Å². The third kappa shape index (κ3) is 4.81. The minimum absolute atomic E-state index is 0.823. The topological polar surface area (TPSA) is 8.88 Å². The van der Waals surface area contributed by atoms with E-state index in [1.165, 1.54) is 49.8 Å². The third-order valence-corrected chi connectivity index (χ3v) is 4.92. The van der Waals surface area contributed by atoms with Crippen LogP contribution in [0.25, 0.3) is 0 Å². The summed E-state index contributed by atoms with van der Waals surface area (Å²) >= 11 is 7.81. The third-order valence-electron chi connectivity index (χ3n) is 3.57. The summed E-state index contributed by atoms with van der Waals surface area (Å²) in [5, 5.41) is 0.823. The SMILES string of the molecule is C[NH+]1CC[NH+](CCCSc2ccc(Cl)cc2)CC1. The van der Waals surface area contributed by atoms with E-state index >= 15 is 0 Å². The molecule has 0 amide bonds. The van der Waals surface area contributed by atoms with E-state index in [9.17, 15) is 0 Å². The predicted octanol–water partition coefficient (Wildman–Crippen LogP) is 0.235. The van der Waals surface area contributed by atoms with Gasteiger partial charge in [0, 0.05) is 22.1 Å². The molecule has 1 aliphatic heterocycles. The van der Waals surface area contributed by atoms with Crippen LogP contribution >= 0.6 is 23.4 Å². The Hall–Kier alpha value is -0.220. The quantitative estimate of drug-likeness (QED) is 0.582. The van der Waals surface area contributed by atoms with Gasteiger partial charge in [0.1, 0.15) is 26.2 Å². The van der Waals surface area contributed by atoms with Gasteiger partial charge in [-0.25, -0.2) is 0 Å². The molecule has 4 heteroatoms. The van der Waals surface area contributed by atoms with Crippen molar-refractivity contribution in [3.8, 4) is 0 Å². The standard InChI is InChI=1S/C14H21ClN2S/c1-16-8-10-17(11-9-16)7-2-12-18-14-5-3-13(15)4-6-14/h3-6H,2,7-12H2,1H3/p+2. The lowest BCUT2D eigenvalue weighted by Crippen LogP contribution is -3.27. The highest BCUT2D eigenvalue weighted by Crippen LogP contribution is 2.20. The lowest BCUT2D eigenvalue weighted by molar-refractivity contribution is -1.00. The minimum atomic E-state index is 0.823. The molecule has 0 bridgehead atoms. The molecule has 1 aromatic rings. The van der Waals surface area contributed by atoms with Crippen molar-refractivity contribution >= 4 is 23.4 Å². The predicted molar refractivity (Wildman–Crippen MR) is 79.0 cm³/mol. The van der Waals surface area contributed by atoms with Crippen molar-refractivity contribution in [2.24, 2.45) is 0 Å². The van der Waals surface area contributed by atoms with Crippen LogP contribution in [-0.4, -0.2) is 45.5 Å². The fourth-order valence-electron chi connectivity index (χ4n) is 2.32. The molecule has 18 heavy (non-hydrogen) atoms. The molecule has 1 aliphatic rings. The van der Waals surface area contributed by atoms with Gasteiger partial charge >= 0.3 is 0 Å². The van der Waals surface area contributed by atoms with E-state index in [1.54, 1.807) is 9.80 Å². The number of likely N-dealkylation sites (N-methyl/N-ethyl adjacent to an activating group) is 1. The Bertz CT molecular complexity index is 347. The van der Waals surface area contributed by atoms with Crippen LogP contribution in [0, 0.1) is 0 Å². The zero-order valence-corrected chi connectivity index (χ0v) is 12.6. The van der Waals surface area contributed by atoms with E-state index < -0.39 is 0 Å². The molecule has 0 saturated carbocycles. The van der Waals surface area contributed by atoms with Crippen LogP contribution in [0.4, 0.5) is 0 Å². The lowest BCUT2D eigenvalue weighted by atomic mass is 10.3. The van der Waals surface area contributed by atoms with E-state index in [0.717, 1.165) is 5.02 Å². The van der Waals surface area contributed by atoms with Crippen LogP contribution in [0.15, 0.2) is 29.2 Å².